The average molecular weight is 201 g/mol. The van der Waals surface area contributed by atoms with Crippen LogP contribution >= 0.6 is 0 Å². The van der Waals surface area contributed by atoms with E-state index in [1.807, 2.05) is 0 Å². The van der Waals surface area contributed by atoms with Crippen LogP contribution in [0, 0.1) is 0 Å². The molecule has 0 aliphatic carbocycles. The van der Waals surface area contributed by atoms with Crippen molar-refractivity contribution in [3.63, 3.8) is 0 Å². The lowest BCUT2D eigenvalue weighted by Gasteiger charge is -2.26. The van der Waals surface area contributed by atoms with E-state index >= 15 is 0 Å². The summed E-state index contributed by atoms with van der Waals surface area (Å²) in [6.07, 6.45) is 2.69. The van der Waals surface area contributed by atoms with Crippen LogP contribution in [0.2, 0.25) is 0 Å². The average Bonchev–Trinajstić information content (AvgIpc) is 2.47. The molecule has 0 spiro atoms. The normalized spacial score (nSPS) is 40.3. The van der Waals surface area contributed by atoms with E-state index in [2.05, 4.69) is 4.90 Å². The van der Waals surface area contributed by atoms with Gasteiger partial charge in [0.1, 0.15) is 0 Å². The van der Waals surface area contributed by atoms with E-state index in [0.29, 0.717) is 19.2 Å². The van der Waals surface area contributed by atoms with Gasteiger partial charge >= 0.3 is 0 Å². The van der Waals surface area contributed by atoms with Crippen molar-refractivity contribution in [2.75, 3.05) is 26.2 Å². The van der Waals surface area contributed by atoms with Gasteiger partial charge in [0.05, 0.1) is 18.3 Å². The van der Waals surface area contributed by atoms with Crippen LogP contribution in [0.1, 0.15) is 19.3 Å². The maximum Gasteiger partial charge on any atom is 0.0938 e. The monoisotopic (exact) mass is 201 g/mol. The van der Waals surface area contributed by atoms with Gasteiger partial charge in [-0.1, -0.05) is 0 Å². The highest BCUT2D eigenvalue weighted by atomic mass is 16.5. The van der Waals surface area contributed by atoms with Gasteiger partial charge < -0.3 is 14.9 Å². The van der Waals surface area contributed by atoms with Crippen LogP contribution in [0.5, 0.6) is 0 Å². The third-order valence-electron chi connectivity index (χ3n) is 3.07. The van der Waals surface area contributed by atoms with Gasteiger partial charge in [-0.25, -0.2) is 0 Å². The molecule has 0 radical (unpaired) electrons. The first kappa shape index (κ1) is 10.4. The molecule has 0 aromatic heterocycles. The Labute approximate surface area is 84.5 Å². The zero-order valence-corrected chi connectivity index (χ0v) is 8.43. The van der Waals surface area contributed by atoms with Gasteiger partial charge in [-0.3, -0.25) is 4.90 Å². The third kappa shape index (κ3) is 2.45. The maximum absolute atomic E-state index is 9.37. The van der Waals surface area contributed by atoms with Crippen LogP contribution in [0.25, 0.3) is 0 Å². The van der Waals surface area contributed by atoms with Crippen molar-refractivity contribution < 1.29 is 14.9 Å². The first-order chi connectivity index (χ1) is 6.75. The fraction of sp³-hybridized carbons (Fsp3) is 1.00. The topological polar surface area (TPSA) is 52.9 Å². The lowest BCUT2D eigenvalue weighted by atomic mass is 10.1. The number of hydrogen-bond donors (Lipinski definition) is 2. The van der Waals surface area contributed by atoms with Crippen molar-refractivity contribution >= 4 is 0 Å². The molecule has 2 fully saturated rings. The summed E-state index contributed by atoms with van der Waals surface area (Å²) in [4.78, 5) is 2.09. The zero-order valence-electron chi connectivity index (χ0n) is 8.43. The minimum Gasteiger partial charge on any atom is -0.389 e. The number of aliphatic hydroxyl groups is 2. The zero-order chi connectivity index (χ0) is 9.97. The second-order valence-electron chi connectivity index (χ2n) is 4.34. The number of aliphatic hydroxyl groups excluding tert-OH is 2. The van der Waals surface area contributed by atoms with Gasteiger partial charge in [0.15, 0.2) is 0 Å². The highest BCUT2D eigenvalue weighted by Gasteiger charge is 2.31. The first-order valence-corrected chi connectivity index (χ1v) is 5.46. The molecule has 2 rings (SSSR count). The maximum atomic E-state index is 9.37. The summed E-state index contributed by atoms with van der Waals surface area (Å²) in [6.45, 7) is 2.89. The quantitative estimate of drug-likeness (QED) is 0.638. The number of ether oxygens (including phenoxy) is 1. The molecule has 82 valence electrons. The van der Waals surface area contributed by atoms with Crippen molar-refractivity contribution in [3.05, 3.63) is 0 Å². The van der Waals surface area contributed by atoms with Gasteiger partial charge in [0, 0.05) is 26.2 Å². The molecule has 1 unspecified atom stereocenters. The highest BCUT2D eigenvalue weighted by Crippen LogP contribution is 2.17. The Balaban J connectivity index is 1.74. The standard InChI is InChI=1S/C10H19NO3/c12-9-6-11(7-10(9)13)5-8-3-1-2-4-14-8/h8-10,12-13H,1-7H2/t8?,9-,10+. The molecule has 2 saturated heterocycles. The molecular weight excluding hydrogens is 182 g/mol. The van der Waals surface area contributed by atoms with Crippen LogP contribution in [0.4, 0.5) is 0 Å². The summed E-state index contributed by atoms with van der Waals surface area (Å²) < 4.78 is 5.61. The van der Waals surface area contributed by atoms with Gasteiger partial charge in [0.25, 0.3) is 0 Å². The molecule has 2 aliphatic heterocycles. The molecule has 2 N–H and O–H groups in total. The van der Waals surface area contributed by atoms with Crippen LogP contribution in [-0.2, 0) is 4.74 Å². The van der Waals surface area contributed by atoms with Gasteiger partial charge in [-0.15, -0.1) is 0 Å². The SMILES string of the molecule is O[C@@H]1CN(CC2CCCCO2)C[C@@H]1O. The summed E-state index contributed by atoms with van der Waals surface area (Å²) in [5, 5.41) is 18.7. The Morgan fingerprint density at radius 1 is 1.14 bits per heavy atom. The molecule has 0 aromatic rings. The smallest absolute Gasteiger partial charge is 0.0938 e. The van der Waals surface area contributed by atoms with Crippen molar-refractivity contribution in [1.29, 1.82) is 0 Å². The molecule has 2 heterocycles. The highest BCUT2D eigenvalue weighted by molar-refractivity contribution is 4.84. The van der Waals surface area contributed by atoms with Crippen LogP contribution < -0.4 is 0 Å². The fourth-order valence-electron chi connectivity index (χ4n) is 2.24. The van der Waals surface area contributed by atoms with E-state index in [0.717, 1.165) is 19.6 Å². The summed E-state index contributed by atoms with van der Waals surface area (Å²) in [6, 6.07) is 0. The molecule has 14 heavy (non-hydrogen) atoms. The van der Waals surface area contributed by atoms with Crippen molar-refractivity contribution in [2.24, 2.45) is 0 Å². The molecule has 4 heteroatoms. The summed E-state index contributed by atoms with van der Waals surface area (Å²) >= 11 is 0. The largest absolute Gasteiger partial charge is 0.389 e. The molecule has 4 nitrogen and oxygen atoms in total. The number of rotatable bonds is 2. The van der Waals surface area contributed by atoms with Gasteiger partial charge in [-0.05, 0) is 19.3 Å². The molecule has 0 saturated carbocycles. The van der Waals surface area contributed by atoms with E-state index in [9.17, 15) is 10.2 Å². The molecule has 2 aliphatic rings. The van der Waals surface area contributed by atoms with E-state index in [4.69, 9.17) is 4.74 Å². The number of β-amino-alcohol motifs (C(OH)–C–C–N with tert-alkyl or cyclic N) is 2. The van der Waals surface area contributed by atoms with Gasteiger partial charge in [0.2, 0.25) is 0 Å². The number of likely N-dealkylation sites (tertiary alicyclic amines) is 1. The van der Waals surface area contributed by atoms with Crippen LogP contribution in [-0.4, -0.2) is 59.7 Å². The first-order valence-electron chi connectivity index (χ1n) is 5.46. The van der Waals surface area contributed by atoms with E-state index < -0.39 is 12.2 Å². The Morgan fingerprint density at radius 3 is 2.43 bits per heavy atom. The third-order valence-corrected chi connectivity index (χ3v) is 3.07. The van der Waals surface area contributed by atoms with Crippen LogP contribution in [0.15, 0.2) is 0 Å². The van der Waals surface area contributed by atoms with Crippen LogP contribution in [0.3, 0.4) is 0 Å². The lowest BCUT2D eigenvalue weighted by molar-refractivity contribution is -0.00385. The summed E-state index contributed by atoms with van der Waals surface area (Å²) in [5.74, 6) is 0. The summed E-state index contributed by atoms with van der Waals surface area (Å²) in [5.41, 5.74) is 0. The minimum absolute atomic E-state index is 0.307. The number of hydrogen-bond acceptors (Lipinski definition) is 4. The van der Waals surface area contributed by atoms with Crippen molar-refractivity contribution in [1.82, 2.24) is 4.90 Å². The van der Waals surface area contributed by atoms with E-state index in [1.165, 1.54) is 12.8 Å². The predicted octanol–water partition coefficient (Wildman–Crippen LogP) is -0.407. The van der Waals surface area contributed by atoms with E-state index in [1.54, 1.807) is 0 Å². The van der Waals surface area contributed by atoms with Crippen molar-refractivity contribution in [2.45, 2.75) is 37.6 Å². The summed E-state index contributed by atoms with van der Waals surface area (Å²) in [7, 11) is 0. The Bertz CT molecular complexity index is 172. The predicted molar refractivity (Wildman–Crippen MR) is 52.0 cm³/mol. The van der Waals surface area contributed by atoms with Gasteiger partial charge in [-0.2, -0.15) is 0 Å². The fourth-order valence-corrected chi connectivity index (χ4v) is 2.24. The second-order valence-corrected chi connectivity index (χ2v) is 4.34. The lowest BCUT2D eigenvalue weighted by Crippen LogP contribution is -2.35. The van der Waals surface area contributed by atoms with E-state index in [-0.39, 0.29) is 0 Å². The molecule has 3 atom stereocenters. The number of nitrogens with zero attached hydrogens (tertiary/aromatic N) is 1. The molecule has 0 bridgehead atoms. The molecular formula is C10H19NO3. The second kappa shape index (κ2) is 4.57. The molecule has 0 amide bonds. The minimum atomic E-state index is -0.571. The Kier molecular flexibility index (Phi) is 3.38. The van der Waals surface area contributed by atoms with Crippen molar-refractivity contribution in [3.8, 4) is 0 Å². The Morgan fingerprint density at radius 2 is 1.86 bits per heavy atom. The Hall–Kier alpha value is -0.160. The molecule has 0 aromatic carbocycles.